The summed E-state index contributed by atoms with van der Waals surface area (Å²) in [6.07, 6.45) is 9.25. The molecular formula is C28H40N4P2. The van der Waals surface area contributed by atoms with E-state index in [9.17, 15) is 0 Å². The van der Waals surface area contributed by atoms with Gasteiger partial charge in [-0.05, 0) is 50.7 Å². The van der Waals surface area contributed by atoms with Gasteiger partial charge in [-0.1, -0.05) is 88.4 Å². The summed E-state index contributed by atoms with van der Waals surface area (Å²) in [4.78, 5) is 18.5. The van der Waals surface area contributed by atoms with Crippen LogP contribution in [0.1, 0.15) is 79.0 Å². The highest BCUT2D eigenvalue weighted by molar-refractivity contribution is 7.71. The third-order valence-corrected chi connectivity index (χ3v) is 11.9. The van der Waals surface area contributed by atoms with Crippen LogP contribution in [0.5, 0.6) is 0 Å². The summed E-state index contributed by atoms with van der Waals surface area (Å²) in [5, 5.41) is 0.534. The molecule has 3 rings (SSSR count). The van der Waals surface area contributed by atoms with Gasteiger partial charge < -0.3 is 0 Å². The van der Waals surface area contributed by atoms with Gasteiger partial charge in [0.2, 0.25) is 0 Å². The van der Waals surface area contributed by atoms with E-state index in [1.807, 2.05) is 36.9 Å². The van der Waals surface area contributed by atoms with Crippen molar-refractivity contribution in [1.82, 2.24) is 19.9 Å². The quantitative estimate of drug-likeness (QED) is 0.355. The summed E-state index contributed by atoms with van der Waals surface area (Å²) in [7, 11) is -1.17. The van der Waals surface area contributed by atoms with Crippen LogP contribution in [0, 0.1) is 0 Å². The zero-order valence-corrected chi connectivity index (χ0v) is 24.1. The van der Waals surface area contributed by atoms with Crippen LogP contribution in [0.3, 0.4) is 0 Å². The summed E-state index contributed by atoms with van der Waals surface area (Å²) in [6.45, 7) is 21.2. The van der Waals surface area contributed by atoms with E-state index in [4.69, 9.17) is 0 Å². The van der Waals surface area contributed by atoms with Gasteiger partial charge in [0.05, 0.1) is 0 Å². The maximum absolute atomic E-state index is 4.63. The van der Waals surface area contributed by atoms with Crippen LogP contribution in [-0.2, 0) is 17.7 Å². The van der Waals surface area contributed by atoms with Gasteiger partial charge >= 0.3 is 0 Å². The molecule has 0 atom stereocenters. The Morgan fingerprint density at radius 2 is 1.09 bits per heavy atom. The van der Waals surface area contributed by atoms with Crippen molar-refractivity contribution < 1.29 is 0 Å². The standard InChI is InChI=1S/C28H40N4P2/c1-26(2,3)23-13-12-21(20-34(27(4,5)6)28(7,8)9)22(18-23)19-33(24-29-14-10-15-30-24)25-31-16-11-17-32-25/h10-18H,19-20H2,1-9H3. The minimum absolute atomic E-state index is 0.0846. The molecule has 4 nitrogen and oxygen atoms in total. The first-order valence-corrected chi connectivity index (χ1v) is 15.0. The number of hydrogen-bond donors (Lipinski definition) is 0. The van der Waals surface area contributed by atoms with E-state index in [1.165, 1.54) is 16.7 Å². The van der Waals surface area contributed by atoms with Crippen LogP contribution in [0.2, 0.25) is 0 Å². The van der Waals surface area contributed by atoms with Gasteiger partial charge in [0.25, 0.3) is 0 Å². The molecule has 0 aliphatic carbocycles. The van der Waals surface area contributed by atoms with E-state index in [0.29, 0.717) is 0 Å². The van der Waals surface area contributed by atoms with Crippen LogP contribution in [0.25, 0.3) is 0 Å². The fraction of sp³-hybridized carbons (Fsp3) is 0.500. The molecule has 0 saturated heterocycles. The SMILES string of the molecule is CC(C)(C)c1ccc(CP(C(C)(C)C)C(C)(C)C)c(CP(c2ncccn2)c2ncccn2)c1. The van der Waals surface area contributed by atoms with Crippen molar-refractivity contribution in [2.75, 3.05) is 0 Å². The second kappa shape index (κ2) is 10.5. The molecule has 6 heteroatoms. The molecular weight excluding hydrogens is 454 g/mol. The van der Waals surface area contributed by atoms with Crippen molar-refractivity contribution in [3.8, 4) is 0 Å². The number of hydrogen-bond acceptors (Lipinski definition) is 4. The first kappa shape index (κ1) is 26.8. The fourth-order valence-corrected chi connectivity index (χ4v) is 9.84. The third-order valence-electron chi connectivity index (χ3n) is 5.94. The molecule has 2 heterocycles. The predicted octanol–water partition coefficient (Wildman–Crippen LogP) is 6.78. The molecule has 0 saturated carbocycles. The van der Waals surface area contributed by atoms with Crippen molar-refractivity contribution in [2.24, 2.45) is 0 Å². The smallest absolute Gasteiger partial charge is 0.158 e. The molecule has 2 aromatic heterocycles. The Morgan fingerprint density at radius 1 is 0.618 bits per heavy atom. The van der Waals surface area contributed by atoms with Crippen LogP contribution >= 0.6 is 15.8 Å². The number of nitrogens with zero attached hydrogens (tertiary/aromatic N) is 4. The number of benzene rings is 1. The molecule has 0 unspecified atom stereocenters. The van der Waals surface area contributed by atoms with Crippen molar-refractivity contribution in [2.45, 2.75) is 90.4 Å². The fourth-order valence-electron chi connectivity index (χ4n) is 4.31. The van der Waals surface area contributed by atoms with Gasteiger partial charge in [-0.25, -0.2) is 19.9 Å². The third kappa shape index (κ3) is 6.89. The summed E-state index contributed by atoms with van der Waals surface area (Å²) in [6, 6.07) is 10.9. The van der Waals surface area contributed by atoms with Crippen LogP contribution in [-0.4, -0.2) is 30.2 Å². The first-order chi connectivity index (χ1) is 15.8. The second-order valence-electron chi connectivity index (χ2n) is 11.8. The molecule has 0 bridgehead atoms. The Balaban J connectivity index is 2.12. The Hall–Kier alpha value is -1.76. The largest absolute Gasteiger partial charge is 0.237 e. The van der Waals surface area contributed by atoms with Gasteiger partial charge in [0, 0.05) is 38.9 Å². The molecule has 0 aliphatic rings. The molecule has 34 heavy (non-hydrogen) atoms. The number of rotatable bonds is 6. The Morgan fingerprint density at radius 3 is 1.50 bits per heavy atom. The average molecular weight is 495 g/mol. The van der Waals surface area contributed by atoms with E-state index >= 15 is 0 Å². The lowest BCUT2D eigenvalue weighted by molar-refractivity contribution is 0.589. The molecule has 0 spiro atoms. The maximum atomic E-state index is 4.63. The molecule has 0 aliphatic heterocycles. The summed E-state index contributed by atoms with van der Waals surface area (Å²) >= 11 is 0. The average Bonchev–Trinajstić information content (AvgIpc) is 2.75. The monoisotopic (exact) mass is 494 g/mol. The van der Waals surface area contributed by atoms with Gasteiger partial charge in [0.15, 0.2) is 11.1 Å². The lowest BCUT2D eigenvalue weighted by Crippen LogP contribution is -2.26. The highest BCUT2D eigenvalue weighted by Gasteiger charge is 2.35. The Labute approximate surface area is 209 Å². The summed E-state index contributed by atoms with van der Waals surface area (Å²) < 4.78 is 0. The Bertz CT molecular complexity index is 1010. The summed E-state index contributed by atoms with van der Waals surface area (Å²) in [5.74, 6) is 0. The first-order valence-electron chi connectivity index (χ1n) is 12.0. The van der Waals surface area contributed by atoms with Crippen LogP contribution in [0.4, 0.5) is 0 Å². The highest BCUT2D eigenvalue weighted by Crippen LogP contribution is 2.61. The van der Waals surface area contributed by atoms with E-state index in [1.54, 1.807) is 0 Å². The molecule has 0 amide bonds. The van der Waals surface area contributed by atoms with E-state index in [2.05, 4.69) is 100 Å². The maximum Gasteiger partial charge on any atom is 0.158 e. The van der Waals surface area contributed by atoms with E-state index < -0.39 is 7.92 Å². The zero-order valence-electron chi connectivity index (χ0n) is 22.3. The topological polar surface area (TPSA) is 51.6 Å². The lowest BCUT2D eigenvalue weighted by atomic mass is 9.85. The van der Waals surface area contributed by atoms with Gasteiger partial charge in [-0.3, -0.25) is 0 Å². The summed E-state index contributed by atoms with van der Waals surface area (Å²) in [5.41, 5.74) is 5.96. The molecule has 182 valence electrons. The molecule has 1 aromatic carbocycles. The van der Waals surface area contributed by atoms with E-state index in [-0.39, 0.29) is 23.6 Å². The number of aromatic nitrogens is 4. The lowest BCUT2D eigenvalue weighted by Gasteiger charge is -2.42. The van der Waals surface area contributed by atoms with Crippen LogP contribution < -0.4 is 11.1 Å². The predicted molar refractivity (Wildman–Crippen MR) is 149 cm³/mol. The normalized spacial score (nSPS) is 13.0. The second-order valence-corrected chi connectivity index (χ2v) is 17.7. The van der Waals surface area contributed by atoms with Crippen molar-refractivity contribution >= 4 is 27.0 Å². The minimum atomic E-state index is -0.910. The molecule has 0 radical (unpaired) electrons. The van der Waals surface area contributed by atoms with Gasteiger partial charge in [0.1, 0.15) is 0 Å². The van der Waals surface area contributed by atoms with Gasteiger partial charge in [-0.15, -0.1) is 0 Å². The van der Waals surface area contributed by atoms with Crippen LogP contribution in [0.15, 0.2) is 55.1 Å². The molecule has 3 aromatic rings. The van der Waals surface area contributed by atoms with Crippen molar-refractivity contribution in [1.29, 1.82) is 0 Å². The highest BCUT2D eigenvalue weighted by atomic mass is 31.1. The molecule has 0 fully saturated rings. The minimum Gasteiger partial charge on any atom is -0.237 e. The Kier molecular flexibility index (Phi) is 8.26. The van der Waals surface area contributed by atoms with Crippen molar-refractivity contribution in [3.63, 3.8) is 0 Å². The molecule has 0 N–H and O–H groups in total. The zero-order chi connectivity index (χ0) is 25.1. The van der Waals surface area contributed by atoms with Gasteiger partial charge in [-0.2, -0.15) is 0 Å². The van der Waals surface area contributed by atoms with E-state index in [0.717, 1.165) is 23.5 Å². The van der Waals surface area contributed by atoms with Crippen molar-refractivity contribution in [3.05, 3.63) is 71.8 Å².